The van der Waals surface area contributed by atoms with Gasteiger partial charge < -0.3 is 25.0 Å². The molecule has 1 aliphatic rings. The topological polar surface area (TPSA) is 71.0 Å². The van der Waals surface area contributed by atoms with Crippen molar-refractivity contribution in [1.82, 2.24) is 15.6 Å². The van der Waals surface area contributed by atoms with Gasteiger partial charge in [0, 0.05) is 38.5 Å². The van der Waals surface area contributed by atoms with Crippen molar-refractivity contribution >= 4 is 35.8 Å². The third kappa shape index (κ3) is 9.90. The van der Waals surface area contributed by atoms with Crippen molar-refractivity contribution in [2.45, 2.75) is 39.2 Å². The summed E-state index contributed by atoms with van der Waals surface area (Å²) in [7, 11) is 0. The normalized spacial score (nSPS) is 16.6. The smallest absolute Gasteiger partial charge is 0.191 e. The molecule has 2 heterocycles. The van der Waals surface area contributed by atoms with E-state index in [-0.39, 0.29) is 35.8 Å². The molecule has 29 heavy (non-hydrogen) atoms. The van der Waals surface area contributed by atoms with Crippen LogP contribution in [0.1, 0.15) is 33.1 Å². The molecular formula is C20H35FIN5O2. The number of aliphatic imine (C=N–C) groups is 1. The van der Waals surface area contributed by atoms with Crippen molar-refractivity contribution < 1.29 is 13.9 Å². The van der Waals surface area contributed by atoms with Crippen molar-refractivity contribution in [3.8, 4) is 0 Å². The highest BCUT2D eigenvalue weighted by molar-refractivity contribution is 14.0. The highest BCUT2D eigenvalue weighted by Crippen LogP contribution is 2.20. The second-order valence-electron chi connectivity index (χ2n) is 6.72. The number of hydrogen-bond acceptors (Lipinski definition) is 5. The first-order chi connectivity index (χ1) is 13.7. The van der Waals surface area contributed by atoms with Crippen LogP contribution in [-0.4, -0.2) is 69.6 Å². The molecule has 0 saturated carbocycles. The van der Waals surface area contributed by atoms with Gasteiger partial charge in [0.15, 0.2) is 17.6 Å². The van der Waals surface area contributed by atoms with Crippen LogP contribution >= 0.6 is 24.0 Å². The Morgan fingerprint density at radius 2 is 2.07 bits per heavy atom. The number of unbranched alkanes of at least 4 members (excludes halogenated alkanes) is 1. The summed E-state index contributed by atoms with van der Waals surface area (Å²) in [5, 5.41) is 6.68. The van der Waals surface area contributed by atoms with Crippen LogP contribution in [-0.2, 0) is 9.47 Å². The molecule has 1 aromatic rings. The summed E-state index contributed by atoms with van der Waals surface area (Å²) in [6.45, 7) is 9.59. The maximum atomic E-state index is 13.9. The molecular weight excluding hydrogens is 488 g/mol. The summed E-state index contributed by atoms with van der Waals surface area (Å²) in [6.07, 6.45) is 4.77. The van der Waals surface area contributed by atoms with E-state index in [0.29, 0.717) is 38.7 Å². The molecule has 2 rings (SSSR count). The van der Waals surface area contributed by atoms with Crippen LogP contribution in [0.3, 0.4) is 0 Å². The van der Waals surface area contributed by atoms with Gasteiger partial charge in [0.1, 0.15) is 0 Å². The highest BCUT2D eigenvalue weighted by Gasteiger charge is 2.25. The Bertz CT molecular complexity index is 594. The number of ether oxygens (including phenoxy) is 2. The molecule has 0 aromatic carbocycles. The Balaban J connectivity index is 0.00000420. The fourth-order valence-corrected chi connectivity index (χ4v) is 2.98. The van der Waals surface area contributed by atoms with E-state index in [1.807, 2.05) is 11.8 Å². The number of nitrogens with one attached hydrogen (secondary N) is 2. The minimum atomic E-state index is -0.278. The number of rotatable bonds is 12. The lowest BCUT2D eigenvalue weighted by atomic mass is 10.3. The first kappa shape index (κ1) is 25.8. The lowest BCUT2D eigenvalue weighted by Gasteiger charge is -2.20. The Kier molecular flexibility index (Phi) is 13.9. The fraction of sp³-hybridized carbons (Fsp3) is 0.700. The highest BCUT2D eigenvalue weighted by atomic mass is 127. The van der Waals surface area contributed by atoms with E-state index in [0.717, 1.165) is 44.9 Å². The molecule has 1 aromatic heterocycles. The maximum Gasteiger partial charge on any atom is 0.191 e. The van der Waals surface area contributed by atoms with E-state index in [4.69, 9.17) is 9.47 Å². The Morgan fingerprint density at radius 1 is 1.28 bits per heavy atom. The molecule has 0 amide bonds. The van der Waals surface area contributed by atoms with Crippen LogP contribution in [0.5, 0.6) is 0 Å². The van der Waals surface area contributed by atoms with Gasteiger partial charge in [-0.2, -0.15) is 0 Å². The van der Waals surface area contributed by atoms with Gasteiger partial charge in [0.05, 0.1) is 26.4 Å². The van der Waals surface area contributed by atoms with Crippen LogP contribution in [0, 0.1) is 5.82 Å². The molecule has 1 fully saturated rings. The molecule has 2 N–H and O–H groups in total. The number of hydrogen-bond donors (Lipinski definition) is 2. The second-order valence-corrected chi connectivity index (χ2v) is 6.72. The van der Waals surface area contributed by atoms with Crippen molar-refractivity contribution in [3.05, 3.63) is 24.1 Å². The standard InChI is InChI=1S/C20H34FN5O2.HI/c1-3-5-12-27-14-15-28-13-10-24-20(22-4-2)25-17-8-11-26(16-17)19-18(21)7-6-9-23-19;/h6-7,9,17H,3-5,8,10-16H2,1-2H3,(H2,22,24,25);1H. The zero-order valence-electron chi connectivity index (χ0n) is 17.5. The van der Waals surface area contributed by atoms with E-state index in [1.165, 1.54) is 6.07 Å². The number of halogens is 2. The van der Waals surface area contributed by atoms with Crippen molar-refractivity contribution in [2.24, 2.45) is 4.99 Å². The number of guanidine groups is 1. The molecule has 0 aliphatic carbocycles. The van der Waals surface area contributed by atoms with Gasteiger partial charge in [-0.15, -0.1) is 24.0 Å². The average molecular weight is 523 g/mol. The fourth-order valence-electron chi connectivity index (χ4n) is 2.98. The summed E-state index contributed by atoms with van der Waals surface area (Å²) < 4.78 is 24.9. The summed E-state index contributed by atoms with van der Waals surface area (Å²) in [4.78, 5) is 10.7. The minimum Gasteiger partial charge on any atom is -0.379 e. The van der Waals surface area contributed by atoms with E-state index in [9.17, 15) is 4.39 Å². The lowest BCUT2D eigenvalue weighted by Crippen LogP contribution is -2.44. The van der Waals surface area contributed by atoms with Gasteiger partial charge in [-0.05, 0) is 31.9 Å². The maximum absolute atomic E-state index is 13.9. The molecule has 1 aliphatic heterocycles. The molecule has 0 radical (unpaired) electrons. The van der Waals surface area contributed by atoms with Gasteiger partial charge in [-0.1, -0.05) is 13.3 Å². The van der Waals surface area contributed by atoms with Crippen LogP contribution in [0.15, 0.2) is 23.3 Å². The van der Waals surface area contributed by atoms with Gasteiger partial charge in [-0.25, -0.2) is 9.37 Å². The molecule has 0 bridgehead atoms. The van der Waals surface area contributed by atoms with Crippen molar-refractivity contribution in [3.63, 3.8) is 0 Å². The van der Waals surface area contributed by atoms with Gasteiger partial charge >= 0.3 is 0 Å². The Hall–Kier alpha value is -1.20. The monoisotopic (exact) mass is 523 g/mol. The third-order valence-electron chi connectivity index (χ3n) is 4.43. The first-order valence-corrected chi connectivity index (χ1v) is 10.3. The van der Waals surface area contributed by atoms with Crippen LogP contribution in [0.2, 0.25) is 0 Å². The Labute approximate surface area is 190 Å². The Morgan fingerprint density at radius 3 is 2.79 bits per heavy atom. The molecule has 7 nitrogen and oxygen atoms in total. The van der Waals surface area contributed by atoms with Crippen LogP contribution in [0.25, 0.3) is 0 Å². The predicted molar refractivity (Wildman–Crippen MR) is 126 cm³/mol. The minimum absolute atomic E-state index is 0. The molecule has 1 unspecified atom stereocenters. The first-order valence-electron chi connectivity index (χ1n) is 10.3. The largest absolute Gasteiger partial charge is 0.379 e. The molecule has 9 heteroatoms. The van der Waals surface area contributed by atoms with Crippen molar-refractivity contribution in [2.75, 3.05) is 57.5 Å². The van der Waals surface area contributed by atoms with Gasteiger partial charge in [0.25, 0.3) is 0 Å². The SMILES string of the molecule is CCCCOCCOCCN=C(NCC)NC1CCN(c2ncccc2F)C1.I. The van der Waals surface area contributed by atoms with Crippen LogP contribution in [0.4, 0.5) is 10.2 Å². The summed E-state index contributed by atoms with van der Waals surface area (Å²) in [5.74, 6) is 0.904. The number of pyridine rings is 1. The van der Waals surface area contributed by atoms with E-state index >= 15 is 0 Å². The molecule has 0 spiro atoms. The molecule has 1 atom stereocenters. The number of anilines is 1. The van der Waals surface area contributed by atoms with E-state index in [1.54, 1.807) is 12.3 Å². The second kappa shape index (κ2) is 15.6. The number of nitrogens with zero attached hydrogens (tertiary/aromatic N) is 3. The van der Waals surface area contributed by atoms with Crippen molar-refractivity contribution in [1.29, 1.82) is 0 Å². The average Bonchev–Trinajstić information content (AvgIpc) is 3.15. The zero-order valence-corrected chi connectivity index (χ0v) is 19.9. The van der Waals surface area contributed by atoms with E-state index < -0.39 is 0 Å². The number of aromatic nitrogens is 1. The molecule has 166 valence electrons. The summed E-state index contributed by atoms with van der Waals surface area (Å²) in [6, 6.07) is 3.26. The van der Waals surface area contributed by atoms with Crippen LogP contribution < -0.4 is 15.5 Å². The van der Waals surface area contributed by atoms with E-state index in [2.05, 4.69) is 27.5 Å². The van der Waals surface area contributed by atoms with Gasteiger partial charge in [-0.3, -0.25) is 4.99 Å². The van der Waals surface area contributed by atoms with Gasteiger partial charge in [0.2, 0.25) is 0 Å². The lowest BCUT2D eigenvalue weighted by molar-refractivity contribution is 0.0497. The predicted octanol–water partition coefficient (Wildman–Crippen LogP) is 2.81. The zero-order chi connectivity index (χ0) is 20.0. The third-order valence-corrected chi connectivity index (χ3v) is 4.43. The quantitative estimate of drug-likeness (QED) is 0.190. The summed E-state index contributed by atoms with van der Waals surface area (Å²) in [5.41, 5.74) is 0. The summed E-state index contributed by atoms with van der Waals surface area (Å²) >= 11 is 0. The molecule has 1 saturated heterocycles.